The summed E-state index contributed by atoms with van der Waals surface area (Å²) in [7, 11) is 1.69. The molecule has 1 aromatic rings. The number of nitrogens with two attached hydrogens (primary N) is 1. The van der Waals surface area contributed by atoms with Crippen molar-refractivity contribution in [1.29, 1.82) is 0 Å². The molecule has 8 heteroatoms. The standard InChI is InChI=1S/C11H18F3N5/c1-4-7(2)6-19(3)9-5-8(11(12,13)14)16-10(17-9)18-15/h5,7H,4,6,15H2,1-3H3,(H,16,17,18). The Kier molecular flexibility index (Phi) is 4.93. The zero-order chi connectivity index (χ0) is 14.6. The van der Waals surface area contributed by atoms with Crippen molar-refractivity contribution in [3.8, 4) is 0 Å². The molecule has 1 aromatic heterocycles. The number of nitrogens with one attached hydrogen (secondary N) is 1. The lowest BCUT2D eigenvalue weighted by atomic mass is 10.1. The van der Waals surface area contributed by atoms with E-state index >= 15 is 0 Å². The maximum atomic E-state index is 12.7. The van der Waals surface area contributed by atoms with Gasteiger partial charge in [0.25, 0.3) is 0 Å². The Morgan fingerprint density at radius 1 is 1.42 bits per heavy atom. The summed E-state index contributed by atoms with van der Waals surface area (Å²) in [5.74, 6) is 5.39. The quantitative estimate of drug-likeness (QED) is 0.638. The molecule has 0 aliphatic rings. The third-order valence-corrected chi connectivity index (χ3v) is 2.81. The number of aromatic nitrogens is 2. The summed E-state index contributed by atoms with van der Waals surface area (Å²) in [6.07, 6.45) is -3.59. The Morgan fingerprint density at radius 2 is 2.05 bits per heavy atom. The number of nitrogen functional groups attached to an aromatic ring is 1. The molecule has 0 saturated heterocycles. The highest BCUT2D eigenvalue weighted by atomic mass is 19.4. The topological polar surface area (TPSA) is 67.1 Å². The lowest BCUT2D eigenvalue weighted by Crippen LogP contribution is -2.26. The first kappa shape index (κ1) is 15.5. The van der Waals surface area contributed by atoms with Gasteiger partial charge >= 0.3 is 6.18 Å². The summed E-state index contributed by atoms with van der Waals surface area (Å²) in [6, 6.07) is 0.920. The smallest absolute Gasteiger partial charge is 0.359 e. The third kappa shape index (κ3) is 4.23. The number of rotatable bonds is 5. The van der Waals surface area contributed by atoms with Crippen LogP contribution >= 0.6 is 0 Å². The second kappa shape index (κ2) is 6.05. The van der Waals surface area contributed by atoms with Gasteiger partial charge in [0.1, 0.15) is 5.82 Å². The molecule has 0 aliphatic heterocycles. The van der Waals surface area contributed by atoms with E-state index in [2.05, 4.69) is 15.4 Å². The average Bonchev–Trinajstić information content (AvgIpc) is 2.36. The molecular formula is C11H18F3N5. The SMILES string of the molecule is CCC(C)CN(C)c1cc(C(F)(F)F)nc(NN)n1. The molecule has 108 valence electrons. The molecule has 19 heavy (non-hydrogen) atoms. The van der Waals surface area contributed by atoms with Crippen LogP contribution in [0, 0.1) is 5.92 Å². The highest BCUT2D eigenvalue weighted by molar-refractivity contribution is 5.44. The molecule has 5 nitrogen and oxygen atoms in total. The molecule has 3 N–H and O–H groups in total. The highest BCUT2D eigenvalue weighted by Crippen LogP contribution is 2.30. The summed E-state index contributed by atoms with van der Waals surface area (Å²) in [6.45, 7) is 4.64. The normalized spacial score (nSPS) is 13.2. The van der Waals surface area contributed by atoms with Crippen molar-refractivity contribution >= 4 is 11.8 Å². The molecule has 0 aromatic carbocycles. The summed E-state index contributed by atoms with van der Waals surface area (Å²) in [5, 5.41) is 0. The van der Waals surface area contributed by atoms with E-state index in [1.54, 1.807) is 11.9 Å². The molecule has 0 spiro atoms. The molecule has 0 saturated carbocycles. The molecule has 0 fully saturated rings. The van der Waals surface area contributed by atoms with Gasteiger partial charge in [0.05, 0.1) is 0 Å². The minimum Gasteiger partial charge on any atom is -0.359 e. The molecule has 0 amide bonds. The zero-order valence-corrected chi connectivity index (χ0v) is 11.1. The molecule has 0 aliphatic carbocycles. The Balaban J connectivity index is 3.06. The van der Waals surface area contributed by atoms with Crippen LogP contribution in [0.1, 0.15) is 26.0 Å². The van der Waals surface area contributed by atoms with Crippen molar-refractivity contribution in [2.75, 3.05) is 23.9 Å². The first-order valence-electron chi connectivity index (χ1n) is 5.92. The summed E-state index contributed by atoms with van der Waals surface area (Å²) in [5.41, 5.74) is 1.04. The first-order valence-corrected chi connectivity index (χ1v) is 5.92. The van der Waals surface area contributed by atoms with Crippen LogP contribution in [0.2, 0.25) is 0 Å². The molecule has 0 radical (unpaired) electrons. The molecule has 1 heterocycles. The van der Waals surface area contributed by atoms with E-state index in [0.717, 1.165) is 12.5 Å². The van der Waals surface area contributed by atoms with Crippen LogP contribution in [-0.4, -0.2) is 23.6 Å². The van der Waals surface area contributed by atoms with Gasteiger partial charge in [-0.1, -0.05) is 20.3 Å². The Labute approximate surface area is 110 Å². The minimum absolute atomic E-state index is 0.190. The van der Waals surface area contributed by atoms with Crippen LogP contribution in [0.4, 0.5) is 24.9 Å². The fourth-order valence-corrected chi connectivity index (χ4v) is 1.53. The Morgan fingerprint density at radius 3 is 2.53 bits per heavy atom. The number of nitrogens with zero attached hydrogens (tertiary/aromatic N) is 3. The number of halogens is 3. The largest absolute Gasteiger partial charge is 0.433 e. The van der Waals surface area contributed by atoms with Crippen LogP contribution in [0.5, 0.6) is 0 Å². The fraction of sp³-hybridized carbons (Fsp3) is 0.636. The second-order valence-electron chi connectivity index (χ2n) is 4.47. The molecular weight excluding hydrogens is 259 g/mol. The van der Waals surface area contributed by atoms with Crippen molar-refractivity contribution < 1.29 is 13.2 Å². The van der Waals surface area contributed by atoms with E-state index in [-0.39, 0.29) is 11.8 Å². The molecule has 0 bridgehead atoms. The maximum absolute atomic E-state index is 12.7. The van der Waals surface area contributed by atoms with Crippen LogP contribution in [0.3, 0.4) is 0 Å². The van der Waals surface area contributed by atoms with Crippen molar-refractivity contribution in [1.82, 2.24) is 9.97 Å². The lowest BCUT2D eigenvalue weighted by molar-refractivity contribution is -0.141. The first-order chi connectivity index (χ1) is 8.77. The van der Waals surface area contributed by atoms with Gasteiger partial charge in [-0.15, -0.1) is 0 Å². The minimum atomic E-state index is -4.53. The van der Waals surface area contributed by atoms with Gasteiger partial charge in [0.15, 0.2) is 5.69 Å². The lowest BCUT2D eigenvalue weighted by Gasteiger charge is -2.22. The second-order valence-corrected chi connectivity index (χ2v) is 4.47. The van der Waals surface area contributed by atoms with Gasteiger partial charge in [-0.25, -0.2) is 10.8 Å². The monoisotopic (exact) mass is 277 g/mol. The van der Waals surface area contributed by atoms with Gasteiger partial charge in [-0.05, 0) is 5.92 Å². The molecule has 1 unspecified atom stereocenters. The Hall–Kier alpha value is -1.57. The van der Waals surface area contributed by atoms with Crippen LogP contribution < -0.4 is 16.2 Å². The van der Waals surface area contributed by atoms with E-state index in [1.807, 2.05) is 13.8 Å². The van der Waals surface area contributed by atoms with E-state index in [4.69, 9.17) is 5.84 Å². The summed E-state index contributed by atoms with van der Waals surface area (Å²) >= 11 is 0. The van der Waals surface area contributed by atoms with Gasteiger partial charge in [-0.2, -0.15) is 18.2 Å². The molecule has 1 rings (SSSR count). The number of hydrogen-bond acceptors (Lipinski definition) is 5. The Bertz CT molecular complexity index is 421. The fourth-order valence-electron chi connectivity index (χ4n) is 1.53. The predicted octanol–water partition coefficient (Wildman–Crippen LogP) is 2.26. The van der Waals surface area contributed by atoms with Crippen molar-refractivity contribution in [2.45, 2.75) is 26.4 Å². The summed E-state index contributed by atoms with van der Waals surface area (Å²) in [4.78, 5) is 8.90. The average molecular weight is 277 g/mol. The van der Waals surface area contributed by atoms with Crippen LogP contribution in [-0.2, 0) is 6.18 Å². The van der Waals surface area contributed by atoms with E-state index < -0.39 is 11.9 Å². The van der Waals surface area contributed by atoms with Crippen LogP contribution in [0.15, 0.2) is 6.07 Å². The summed E-state index contributed by atoms with van der Waals surface area (Å²) < 4.78 is 38.1. The zero-order valence-electron chi connectivity index (χ0n) is 11.1. The van der Waals surface area contributed by atoms with Gasteiger partial charge < -0.3 is 4.90 Å². The predicted molar refractivity (Wildman–Crippen MR) is 67.6 cm³/mol. The van der Waals surface area contributed by atoms with Gasteiger partial charge in [0, 0.05) is 19.7 Å². The van der Waals surface area contributed by atoms with E-state index in [1.165, 1.54) is 0 Å². The highest BCUT2D eigenvalue weighted by Gasteiger charge is 2.34. The maximum Gasteiger partial charge on any atom is 0.433 e. The van der Waals surface area contributed by atoms with Crippen molar-refractivity contribution in [2.24, 2.45) is 11.8 Å². The van der Waals surface area contributed by atoms with Crippen LogP contribution in [0.25, 0.3) is 0 Å². The molecule has 1 atom stereocenters. The van der Waals surface area contributed by atoms with E-state index in [0.29, 0.717) is 12.5 Å². The van der Waals surface area contributed by atoms with Gasteiger partial charge in [0.2, 0.25) is 5.95 Å². The van der Waals surface area contributed by atoms with Gasteiger partial charge in [-0.3, -0.25) is 5.43 Å². The number of alkyl halides is 3. The number of anilines is 2. The van der Waals surface area contributed by atoms with E-state index in [9.17, 15) is 13.2 Å². The number of hydrazine groups is 1. The number of hydrogen-bond donors (Lipinski definition) is 2. The van der Waals surface area contributed by atoms with Crippen molar-refractivity contribution in [3.05, 3.63) is 11.8 Å². The van der Waals surface area contributed by atoms with Crippen molar-refractivity contribution in [3.63, 3.8) is 0 Å². The third-order valence-electron chi connectivity index (χ3n) is 2.81.